The zero-order chi connectivity index (χ0) is 56.8. The molecule has 0 unspecified atom stereocenters. The second-order valence-corrected chi connectivity index (χ2v) is 23.5. The first kappa shape index (κ1) is 47.9. The van der Waals surface area contributed by atoms with Crippen molar-refractivity contribution in [2.45, 2.75) is 0 Å². The summed E-state index contributed by atoms with van der Waals surface area (Å²) >= 11 is 0. The van der Waals surface area contributed by atoms with Crippen molar-refractivity contribution in [3.63, 3.8) is 0 Å². The Morgan fingerprint density at radius 1 is 0.161 bits per heavy atom. The van der Waals surface area contributed by atoms with Crippen LogP contribution in [0.5, 0.6) is 0 Å². The lowest BCUT2D eigenvalue weighted by molar-refractivity contribution is 0.670. The second kappa shape index (κ2) is 18.5. The van der Waals surface area contributed by atoms with Crippen LogP contribution in [-0.2, 0) is 0 Å². The first-order chi connectivity index (χ1) is 43.0. The highest BCUT2D eigenvalue weighted by molar-refractivity contribution is 6.27. The molecule has 16 aromatic carbocycles. The standard InChI is InChI=1S/C84H48O3/c1-4-16-58-46-76-73(40-55(58)13-1)79-67-22-10-7-19-61(67)43-70(82(79)85-76)52-31-25-49(26-32-52)64-37-65(50-27-33-53(34-28-50)71-44-62-20-8-11-23-68(62)80-74-41-56-14-2-5-17-59(56)47-77(74)86-83(71)80)39-66(38-64)51-29-35-54(36-30-51)72-45-63-21-9-12-24-69(63)81-75-42-57-15-3-6-18-60(57)48-78(75)87-84(72)81/h1-48H. The molecule has 0 aliphatic heterocycles. The largest absolute Gasteiger partial charge is 0.455 e. The van der Waals surface area contributed by atoms with Crippen molar-refractivity contribution < 1.29 is 13.3 Å². The molecule has 0 bridgehead atoms. The maximum absolute atomic E-state index is 6.90. The van der Waals surface area contributed by atoms with E-state index in [9.17, 15) is 0 Å². The molecule has 402 valence electrons. The summed E-state index contributed by atoms with van der Waals surface area (Å²) in [5, 5.41) is 21.1. The van der Waals surface area contributed by atoms with Gasteiger partial charge in [-0.05, 0) is 188 Å². The van der Waals surface area contributed by atoms with Crippen molar-refractivity contribution in [1.29, 1.82) is 0 Å². The van der Waals surface area contributed by atoms with Crippen LogP contribution in [0.25, 0.3) is 197 Å². The lowest BCUT2D eigenvalue weighted by atomic mass is 9.90. The lowest BCUT2D eigenvalue weighted by Crippen LogP contribution is -1.88. The Hall–Kier alpha value is -11.5. The van der Waals surface area contributed by atoms with Crippen LogP contribution in [0.2, 0.25) is 0 Å². The van der Waals surface area contributed by atoms with Gasteiger partial charge in [-0.25, -0.2) is 0 Å². The van der Waals surface area contributed by atoms with Gasteiger partial charge in [0.1, 0.15) is 33.5 Å². The van der Waals surface area contributed by atoms with Crippen molar-refractivity contribution in [1.82, 2.24) is 0 Å². The number of fused-ring (bicyclic) bond motifs is 18. The zero-order valence-corrected chi connectivity index (χ0v) is 46.9. The van der Waals surface area contributed by atoms with Crippen LogP contribution in [0, 0.1) is 0 Å². The topological polar surface area (TPSA) is 39.4 Å². The van der Waals surface area contributed by atoms with E-state index in [2.05, 4.69) is 291 Å². The smallest absolute Gasteiger partial charge is 0.143 e. The van der Waals surface area contributed by atoms with Gasteiger partial charge in [0.05, 0.1) is 0 Å². The van der Waals surface area contributed by atoms with Gasteiger partial charge in [-0.15, -0.1) is 0 Å². The summed E-state index contributed by atoms with van der Waals surface area (Å²) in [5.41, 5.74) is 18.6. The molecule has 3 aromatic heterocycles. The van der Waals surface area contributed by atoms with E-state index in [0.29, 0.717) is 0 Å². The predicted molar refractivity (Wildman–Crippen MR) is 366 cm³/mol. The van der Waals surface area contributed by atoms with Gasteiger partial charge in [-0.2, -0.15) is 0 Å². The molecule has 0 radical (unpaired) electrons. The molecule has 3 heterocycles. The molecule has 0 aliphatic carbocycles. The van der Waals surface area contributed by atoms with E-state index in [0.717, 1.165) is 133 Å². The molecule has 0 atom stereocenters. The van der Waals surface area contributed by atoms with Crippen molar-refractivity contribution in [3.8, 4) is 66.8 Å². The van der Waals surface area contributed by atoms with Crippen LogP contribution in [0.3, 0.4) is 0 Å². The molecule has 87 heavy (non-hydrogen) atoms. The third-order valence-corrected chi connectivity index (χ3v) is 18.5. The van der Waals surface area contributed by atoms with E-state index in [-0.39, 0.29) is 0 Å². The summed E-state index contributed by atoms with van der Waals surface area (Å²) < 4.78 is 20.7. The Labute approximate surface area is 498 Å². The summed E-state index contributed by atoms with van der Waals surface area (Å²) in [5.74, 6) is 0. The Morgan fingerprint density at radius 2 is 0.391 bits per heavy atom. The lowest BCUT2D eigenvalue weighted by Gasteiger charge is -2.14. The summed E-state index contributed by atoms with van der Waals surface area (Å²) in [7, 11) is 0. The minimum atomic E-state index is 0.894. The van der Waals surface area contributed by atoms with Gasteiger partial charge in [0.2, 0.25) is 0 Å². The summed E-state index contributed by atoms with van der Waals surface area (Å²) in [6.07, 6.45) is 0. The van der Waals surface area contributed by atoms with Crippen molar-refractivity contribution >= 4 is 130 Å². The monoisotopic (exact) mass is 1100 g/mol. The second-order valence-electron chi connectivity index (χ2n) is 23.5. The molecule has 0 N–H and O–H groups in total. The zero-order valence-electron chi connectivity index (χ0n) is 46.9. The fraction of sp³-hybridized carbons (Fsp3) is 0. The maximum Gasteiger partial charge on any atom is 0.143 e. The Bertz CT molecular complexity index is 5490. The average molecular weight is 1110 g/mol. The Morgan fingerprint density at radius 3 is 0.667 bits per heavy atom. The first-order valence-electron chi connectivity index (χ1n) is 29.8. The van der Waals surface area contributed by atoms with E-state index >= 15 is 0 Å². The van der Waals surface area contributed by atoms with Gasteiger partial charge >= 0.3 is 0 Å². The molecule has 0 spiro atoms. The molecular formula is C84H48O3. The molecule has 0 amide bonds. The van der Waals surface area contributed by atoms with Gasteiger partial charge in [0.25, 0.3) is 0 Å². The molecule has 0 saturated heterocycles. The van der Waals surface area contributed by atoms with Crippen LogP contribution in [-0.4, -0.2) is 0 Å². The number of rotatable bonds is 6. The Kier molecular flexibility index (Phi) is 10.2. The van der Waals surface area contributed by atoms with Crippen LogP contribution in [0.1, 0.15) is 0 Å². The molecule has 0 saturated carbocycles. The normalized spacial score (nSPS) is 12.1. The minimum absolute atomic E-state index is 0.894. The van der Waals surface area contributed by atoms with Gasteiger partial charge < -0.3 is 13.3 Å². The fourth-order valence-electron chi connectivity index (χ4n) is 14.2. The molecule has 0 aliphatic rings. The molecule has 19 aromatic rings. The van der Waals surface area contributed by atoms with Gasteiger partial charge in [0.15, 0.2) is 0 Å². The molecule has 19 rings (SSSR count). The number of hydrogen-bond donors (Lipinski definition) is 0. The quantitative estimate of drug-likeness (QED) is 0.167. The highest BCUT2D eigenvalue weighted by Crippen LogP contribution is 2.47. The average Bonchev–Trinajstić information content (AvgIpc) is 3.56. The molecule has 3 nitrogen and oxygen atoms in total. The van der Waals surface area contributed by atoms with E-state index in [1.807, 2.05) is 0 Å². The van der Waals surface area contributed by atoms with Crippen LogP contribution < -0.4 is 0 Å². The number of furan rings is 3. The van der Waals surface area contributed by atoms with Crippen LogP contribution in [0.4, 0.5) is 0 Å². The third kappa shape index (κ3) is 7.50. The van der Waals surface area contributed by atoms with Crippen molar-refractivity contribution in [2.75, 3.05) is 0 Å². The predicted octanol–water partition coefficient (Wildman–Crippen LogP) is 24.3. The molecular weight excluding hydrogens is 1060 g/mol. The van der Waals surface area contributed by atoms with Gasteiger partial charge in [-0.1, -0.05) is 218 Å². The number of hydrogen-bond acceptors (Lipinski definition) is 3. The van der Waals surface area contributed by atoms with E-state index in [4.69, 9.17) is 13.3 Å². The van der Waals surface area contributed by atoms with Crippen LogP contribution in [0.15, 0.2) is 304 Å². The first-order valence-corrected chi connectivity index (χ1v) is 29.8. The maximum atomic E-state index is 6.90. The highest BCUT2D eigenvalue weighted by Gasteiger charge is 2.22. The number of benzene rings is 16. The Balaban J connectivity index is 0.751. The van der Waals surface area contributed by atoms with Gasteiger partial charge in [-0.3, -0.25) is 0 Å². The minimum Gasteiger partial charge on any atom is -0.455 e. The fourth-order valence-corrected chi connectivity index (χ4v) is 14.2. The summed E-state index contributed by atoms with van der Waals surface area (Å²) in [6, 6.07) is 106. The van der Waals surface area contributed by atoms with Gasteiger partial charge in [0, 0.05) is 49.0 Å². The van der Waals surface area contributed by atoms with Crippen LogP contribution >= 0.6 is 0 Å². The van der Waals surface area contributed by atoms with E-state index in [1.54, 1.807) is 0 Å². The molecule has 3 heteroatoms. The SMILES string of the molecule is c1ccc2cc3c(cc2c1)oc1c(-c2ccc(-c4cc(-c5ccc(-c6cc7ccccc7c7c6oc6cc8ccccc8cc67)cc5)cc(-c5ccc(-c6cc7ccccc7c7c6oc6cc8ccccc8cc67)cc5)c4)cc2)cc2ccccc2c13. The summed E-state index contributed by atoms with van der Waals surface area (Å²) in [4.78, 5) is 0. The molecule has 0 fully saturated rings. The van der Waals surface area contributed by atoms with Crippen molar-refractivity contribution in [2.24, 2.45) is 0 Å². The van der Waals surface area contributed by atoms with E-state index < -0.39 is 0 Å². The summed E-state index contributed by atoms with van der Waals surface area (Å²) in [6.45, 7) is 0. The van der Waals surface area contributed by atoms with E-state index in [1.165, 1.54) is 64.6 Å². The third-order valence-electron chi connectivity index (χ3n) is 18.5. The highest BCUT2D eigenvalue weighted by atomic mass is 16.3. The van der Waals surface area contributed by atoms with Crippen molar-refractivity contribution in [3.05, 3.63) is 291 Å².